The van der Waals surface area contributed by atoms with Crippen LogP contribution in [-0.2, 0) is 0 Å². The zero-order chi connectivity index (χ0) is 10.7. The van der Waals surface area contributed by atoms with Crippen molar-refractivity contribution < 1.29 is 5.11 Å². The van der Waals surface area contributed by atoms with Crippen LogP contribution in [0.4, 0.5) is 0 Å². The van der Waals surface area contributed by atoms with Crippen molar-refractivity contribution in [3.8, 4) is 5.75 Å². The standard InChI is InChI=1S/C10H13Cl2NO/c1-3-13-6(2)8-4-7(11)5-9(12)10(8)14/h4-6,13-14H,3H2,1-2H3. The van der Waals surface area contributed by atoms with Gasteiger partial charge in [-0.2, -0.15) is 0 Å². The molecule has 1 aromatic carbocycles. The summed E-state index contributed by atoms with van der Waals surface area (Å²) in [5.41, 5.74) is 0.726. The Morgan fingerprint density at radius 1 is 1.43 bits per heavy atom. The Morgan fingerprint density at radius 2 is 2.07 bits per heavy atom. The molecule has 0 fully saturated rings. The van der Waals surface area contributed by atoms with E-state index in [-0.39, 0.29) is 16.8 Å². The highest BCUT2D eigenvalue weighted by Crippen LogP contribution is 2.34. The van der Waals surface area contributed by atoms with Crippen molar-refractivity contribution in [3.63, 3.8) is 0 Å². The van der Waals surface area contributed by atoms with E-state index in [9.17, 15) is 5.11 Å². The lowest BCUT2D eigenvalue weighted by atomic mass is 10.1. The molecular weight excluding hydrogens is 221 g/mol. The second-order valence-corrected chi connectivity index (χ2v) is 3.95. The molecule has 0 spiro atoms. The van der Waals surface area contributed by atoms with Crippen molar-refractivity contribution in [1.82, 2.24) is 5.32 Å². The highest BCUT2D eigenvalue weighted by molar-refractivity contribution is 6.35. The lowest BCUT2D eigenvalue weighted by molar-refractivity contribution is 0.455. The minimum atomic E-state index is 0.0381. The van der Waals surface area contributed by atoms with Gasteiger partial charge in [0.05, 0.1) is 5.02 Å². The molecule has 1 rings (SSSR count). The molecule has 0 aliphatic rings. The number of phenolic OH excluding ortho intramolecular Hbond substituents is 1. The van der Waals surface area contributed by atoms with Gasteiger partial charge in [0.2, 0.25) is 0 Å². The second kappa shape index (κ2) is 4.87. The maximum absolute atomic E-state index is 9.69. The molecular formula is C10H13Cl2NO. The quantitative estimate of drug-likeness (QED) is 0.840. The first kappa shape index (κ1) is 11.6. The van der Waals surface area contributed by atoms with E-state index >= 15 is 0 Å². The third-order valence-electron chi connectivity index (χ3n) is 2.03. The van der Waals surface area contributed by atoms with Crippen LogP contribution in [0.15, 0.2) is 12.1 Å². The molecule has 1 atom stereocenters. The molecule has 0 saturated carbocycles. The van der Waals surface area contributed by atoms with Crippen LogP contribution >= 0.6 is 23.2 Å². The Bertz CT molecular complexity index is 328. The molecule has 14 heavy (non-hydrogen) atoms. The van der Waals surface area contributed by atoms with Crippen molar-refractivity contribution in [2.75, 3.05) is 6.54 Å². The van der Waals surface area contributed by atoms with Crippen LogP contribution in [-0.4, -0.2) is 11.7 Å². The molecule has 0 aliphatic carbocycles. The fraction of sp³-hybridized carbons (Fsp3) is 0.400. The summed E-state index contributed by atoms with van der Waals surface area (Å²) >= 11 is 11.6. The minimum absolute atomic E-state index is 0.0381. The van der Waals surface area contributed by atoms with Gasteiger partial charge in [-0.1, -0.05) is 30.1 Å². The van der Waals surface area contributed by atoms with Crippen LogP contribution in [0.25, 0.3) is 0 Å². The van der Waals surface area contributed by atoms with Crippen LogP contribution in [0.2, 0.25) is 10.0 Å². The van der Waals surface area contributed by atoms with E-state index in [1.54, 1.807) is 6.07 Å². The SMILES string of the molecule is CCNC(C)c1cc(Cl)cc(Cl)c1O. The van der Waals surface area contributed by atoms with E-state index in [0.717, 1.165) is 12.1 Å². The van der Waals surface area contributed by atoms with E-state index < -0.39 is 0 Å². The van der Waals surface area contributed by atoms with Crippen LogP contribution in [0.5, 0.6) is 5.75 Å². The predicted octanol–water partition coefficient (Wildman–Crippen LogP) is 3.37. The summed E-state index contributed by atoms with van der Waals surface area (Å²) in [5, 5.41) is 13.7. The van der Waals surface area contributed by atoms with Crippen LogP contribution in [0.3, 0.4) is 0 Å². The average Bonchev–Trinajstić information content (AvgIpc) is 2.11. The van der Waals surface area contributed by atoms with Gasteiger partial charge in [-0.25, -0.2) is 0 Å². The molecule has 0 aromatic heterocycles. The third kappa shape index (κ3) is 2.53. The van der Waals surface area contributed by atoms with E-state index in [4.69, 9.17) is 23.2 Å². The Morgan fingerprint density at radius 3 is 2.64 bits per heavy atom. The lowest BCUT2D eigenvalue weighted by Crippen LogP contribution is -2.17. The fourth-order valence-corrected chi connectivity index (χ4v) is 1.84. The molecule has 4 heteroatoms. The first-order chi connectivity index (χ1) is 6.56. The third-order valence-corrected chi connectivity index (χ3v) is 2.54. The number of nitrogens with one attached hydrogen (secondary N) is 1. The van der Waals surface area contributed by atoms with Gasteiger partial charge in [0.25, 0.3) is 0 Å². The zero-order valence-corrected chi connectivity index (χ0v) is 9.65. The normalized spacial score (nSPS) is 12.9. The molecule has 0 bridgehead atoms. The van der Waals surface area contributed by atoms with E-state index in [1.165, 1.54) is 6.07 Å². The number of hydrogen-bond donors (Lipinski definition) is 2. The summed E-state index contributed by atoms with van der Waals surface area (Å²) < 4.78 is 0. The summed E-state index contributed by atoms with van der Waals surface area (Å²) in [7, 11) is 0. The monoisotopic (exact) mass is 233 g/mol. The molecule has 0 aliphatic heterocycles. The first-order valence-electron chi connectivity index (χ1n) is 4.47. The number of aromatic hydroxyl groups is 1. The molecule has 0 heterocycles. The van der Waals surface area contributed by atoms with Gasteiger partial charge < -0.3 is 10.4 Å². The van der Waals surface area contributed by atoms with Gasteiger partial charge in [0, 0.05) is 16.6 Å². The topological polar surface area (TPSA) is 32.3 Å². The summed E-state index contributed by atoms with van der Waals surface area (Å²) in [6.45, 7) is 4.77. The number of halogens is 2. The Kier molecular flexibility index (Phi) is 4.05. The van der Waals surface area contributed by atoms with E-state index in [0.29, 0.717) is 5.02 Å². The van der Waals surface area contributed by atoms with Gasteiger partial charge in [0.15, 0.2) is 0 Å². The number of hydrogen-bond acceptors (Lipinski definition) is 2. The Labute approximate surface area is 93.8 Å². The van der Waals surface area contributed by atoms with E-state index in [1.807, 2.05) is 13.8 Å². The molecule has 0 amide bonds. The Balaban J connectivity index is 3.07. The summed E-state index contributed by atoms with van der Waals surface area (Å²) in [4.78, 5) is 0. The van der Waals surface area contributed by atoms with Crippen molar-refractivity contribution in [2.24, 2.45) is 0 Å². The van der Waals surface area contributed by atoms with Crippen molar-refractivity contribution >= 4 is 23.2 Å². The van der Waals surface area contributed by atoms with Gasteiger partial charge in [-0.15, -0.1) is 0 Å². The van der Waals surface area contributed by atoms with Crippen molar-refractivity contribution in [1.29, 1.82) is 0 Å². The zero-order valence-electron chi connectivity index (χ0n) is 8.14. The number of rotatable bonds is 3. The molecule has 1 aromatic rings. The average molecular weight is 234 g/mol. The smallest absolute Gasteiger partial charge is 0.139 e. The fourth-order valence-electron chi connectivity index (χ4n) is 1.33. The first-order valence-corrected chi connectivity index (χ1v) is 5.23. The predicted molar refractivity (Wildman–Crippen MR) is 60.2 cm³/mol. The van der Waals surface area contributed by atoms with E-state index in [2.05, 4.69) is 5.32 Å². The highest BCUT2D eigenvalue weighted by Gasteiger charge is 2.13. The van der Waals surface area contributed by atoms with Crippen LogP contribution in [0.1, 0.15) is 25.5 Å². The minimum Gasteiger partial charge on any atom is -0.506 e. The van der Waals surface area contributed by atoms with Gasteiger partial charge in [-0.05, 0) is 25.6 Å². The second-order valence-electron chi connectivity index (χ2n) is 3.10. The van der Waals surface area contributed by atoms with Gasteiger partial charge in [-0.3, -0.25) is 0 Å². The Hall–Kier alpha value is -0.440. The maximum Gasteiger partial charge on any atom is 0.139 e. The van der Waals surface area contributed by atoms with Crippen molar-refractivity contribution in [3.05, 3.63) is 27.7 Å². The molecule has 0 saturated heterocycles. The van der Waals surface area contributed by atoms with Gasteiger partial charge >= 0.3 is 0 Å². The summed E-state index contributed by atoms with van der Waals surface area (Å²) in [6, 6.07) is 3.28. The molecule has 0 radical (unpaired) electrons. The molecule has 2 N–H and O–H groups in total. The maximum atomic E-state index is 9.69. The number of benzene rings is 1. The number of phenols is 1. The molecule has 2 nitrogen and oxygen atoms in total. The summed E-state index contributed by atoms with van der Waals surface area (Å²) in [6.07, 6.45) is 0. The largest absolute Gasteiger partial charge is 0.506 e. The lowest BCUT2D eigenvalue weighted by Gasteiger charge is -2.15. The van der Waals surface area contributed by atoms with Crippen LogP contribution in [0, 0.1) is 0 Å². The van der Waals surface area contributed by atoms with Gasteiger partial charge in [0.1, 0.15) is 5.75 Å². The molecule has 78 valence electrons. The highest BCUT2D eigenvalue weighted by atomic mass is 35.5. The summed E-state index contributed by atoms with van der Waals surface area (Å²) in [5.74, 6) is 0.101. The van der Waals surface area contributed by atoms with Crippen LogP contribution < -0.4 is 5.32 Å². The molecule has 1 unspecified atom stereocenters. The van der Waals surface area contributed by atoms with Crippen molar-refractivity contribution in [2.45, 2.75) is 19.9 Å².